The minimum atomic E-state index is -0.355. The van der Waals surface area contributed by atoms with Gasteiger partial charge in [0.15, 0.2) is 5.69 Å². The third-order valence-corrected chi connectivity index (χ3v) is 6.15. The van der Waals surface area contributed by atoms with Crippen LogP contribution in [0, 0.1) is 5.92 Å². The Kier molecular flexibility index (Phi) is 6.54. The summed E-state index contributed by atoms with van der Waals surface area (Å²) in [5.74, 6) is -0.347. The lowest BCUT2D eigenvalue weighted by Crippen LogP contribution is -2.37. The van der Waals surface area contributed by atoms with Gasteiger partial charge in [0.05, 0.1) is 30.0 Å². The normalized spacial score (nSPS) is 16.1. The first kappa shape index (κ1) is 22.7. The quantitative estimate of drug-likeness (QED) is 0.483. The molecule has 1 saturated heterocycles. The Labute approximate surface area is 203 Å². The van der Waals surface area contributed by atoms with Gasteiger partial charge in [-0.05, 0) is 42.3 Å². The zero-order chi connectivity index (χ0) is 24.2. The smallest absolute Gasteiger partial charge is 0.276 e. The fraction of sp³-hybridized carbons (Fsp3) is 0.259. The van der Waals surface area contributed by atoms with Crippen LogP contribution in [0.25, 0.3) is 10.9 Å². The second kappa shape index (κ2) is 10.1. The zero-order valence-corrected chi connectivity index (χ0v) is 19.6. The Bertz CT molecular complexity index is 1370. The highest BCUT2D eigenvalue weighted by Gasteiger charge is 2.26. The maximum atomic E-state index is 13.6. The van der Waals surface area contributed by atoms with Crippen LogP contribution in [0.15, 0.2) is 73.1 Å². The molecule has 0 bridgehead atoms. The average molecular weight is 470 g/mol. The Balaban J connectivity index is 1.31. The number of fused-ring (bicyclic) bond motifs is 1. The van der Waals surface area contributed by atoms with Crippen LogP contribution in [-0.4, -0.2) is 57.8 Å². The first-order valence-corrected chi connectivity index (χ1v) is 11.7. The molecule has 35 heavy (non-hydrogen) atoms. The first-order valence-electron chi connectivity index (χ1n) is 11.7. The van der Waals surface area contributed by atoms with Crippen molar-refractivity contribution in [2.75, 3.05) is 31.6 Å². The Hall–Kier alpha value is -4.04. The lowest BCUT2D eigenvalue weighted by molar-refractivity contribution is 0.0738. The van der Waals surface area contributed by atoms with E-state index in [1.165, 1.54) is 0 Å². The molecule has 0 radical (unpaired) electrons. The van der Waals surface area contributed by atoms with Gasteiger partial charge >= 0.3 is 0 Å². The van der Waals surface area contributed by atoms with Crippen molar-refractivity contribution in [2.45, 2.75) is 6.42 Å². The number of rotatable bonds is 5. The number of aryl methyl sites for hydroxylation is 1. The molecule has 1 aliphatic rings. The van der Waals surface area contributed by atoms with E-state index in [2.05, 4.69) is 27.5 Å². The predicted molar refractivity (Wildman–Crippen MR) is 133 cm³/mol. The van der Waals surface area contributed by atoms with E-state index in [0.717, 1.165) is 22.9 Å². The molecule has 2 aromatic carbocycles. The van der Waals surface area contributed by atoms with Gasteiger partial charge in [0.2, 0.25) is 0 Å². The molecule has 1 fully saturated rings. The number of aromatic nitrogens is 3. The summed E-state index contributed by atoms with van der Waals surface area (Å²) in [6.07, 6.45) is 4.37. The van der Waals surface area contributed by atoms with Crippen molar-refractivity contribution in [1.29, 1.82) is 0 Å². The van der Waals surface area contributed by atoms with Crippen LogP contribution in [0.3, 0.4) is 0 Å². The number of anilines is 1. The van der Waals surface area contributed by atoms with Crippen molar-refractivity contribution in [3.05, 3.63) is 89.9 Å². The monoisotopic (exact) mass is 469 g/mol. The number of nitrogens with zero attached hydrogens (tertiary/aromatic N) is 4. The molecule has 1 atom stereocenters. The highest BCUT2D eigenvalue weighted by atomic mass is 16.5. The molecular weight excluding hydrogens is 442 g/mol. The molecule has 8 nitrogen and oxygen atoms in total. The number of carbonyl (C=O) groups is 2. The minimum absolute atomic E-state index is 0.131. The standard InChI is InChI=1S/C27H27N5O3/c1-31-11-10-25(30-31)26(33)29-24-9-5-3-7-22(24)27(34)32-12-13-35-18-20(17-32)14-19-15-21-6-2-4-8-23(21)28-16-19/h2-11,15-16,20H,12-14,17-18H2,1H3,(H,29,33). The number of carbonyl (C=O) groups excluding carboxylic acids is 2. The molecule has 178 valence electrons. The second-order valence-corrected chi connectivity index (χ2v) is 8.81. The number of benzene rings is 2. The maximum Gasteiger partial charge on any atom is 0.276 e. The lowest BCUT2D eigenvalue weighted by Gasteiger charge is -2.25. The summed E-state index contributed by atoms with van der Waals surface area (Å²) in [5.41, 5.74) is 3.30. The minimum Gasteiger partial charge on any atom is -0.379 e. The number of para-hydroxylation sites is 2. The fourth-order valence-electron chi connectivity index (χ4n) is 4.42. The van der Waals surface area contributed by atoms with Crippen LogP contribution in [0.2, 0.25) is 0 Å². The van der Waals surface area contributed by atoms with Crippen LogP contribution >= 0.6 is 0 Å². The molecular formula is C27H27N5O3. The molecule has 1 unspecified atom stereocenters. The summed E-state index contributed by atoms with van der Waals surface area (Å²) in [4.78, 5) is 32.6. The third-order valence-electron chi connectivity index (χ3n) is 6.15. The number of pyridine rings is 1. The number of hydrogen-bond donors (Lipinski definition) is 1. The number of ether oxygens (including phenoxy) is 1. The molecule has 0 saturated carbocycles. The molecule has 1 aliphatic heterocycles. The van der Waals surface area contributed by atoms with Crippen molar-refractivity contribution in [3.63, 3.8) is 0 Å². The van der Waals surface area contributed by atoms with E-state index in [0.29, 0.717) is 43.2 Å². The summed E-state index contributed by atoms with van der Waals surface area (Å²) in [5, 5.41) is 8.08. The van der Waals surface area contributed by atoms with Gasteiger partial charge in [-0.2, -0.15) is 5.10 Å². The lowest BCUT2D eigenvalue weighted by atomic mass is 9.99. The largest absolute Gasteiger partial charge is 0.379 e. The molecule has 2 aromatic heterocycles. The first-order chi connectivity index (χ1) is 17.1. The Morgan fingerprint density at radius 2 is 1.94 bits per heavy atom. The maximum absolute atomic E-state index is 13.6. The van der Waals surface area contributed by atoms with E-state index >= 15 is 0 Å². The SMILES string of the molecule is Cn1ccc(C(=O)Nc2ccccc2C(=O)N2CCOCC(Cc3cnc4ccccc4c3)C2)n1. The van der Waals surface area contributed by atoms with E-state index in [-0.39, 0.29) is 17.7 Å². The van der Waals surface area contributed by atoms with E-state index in [9.17, 15) is 9.59 Å². The molecule has 3 heterocycles. The summed E-state index contributed by atoms with van der Waals surface area (Å²) in [6.45, 7) is 2.11. The van der Waals surface area contributed by atoms with Gasteiger partial charge in [0.1, 0.15) is 0 Å². The fourth-order valence-corrected chi connectivity index (χ4v) is 4.42. The number of nitrogens with one attached hydrogen (secondary N) is 1. The third kappa shape index (κ3) is 5.22. The Morgan fingerprint density at radius 3 is 2.80 bits per heavy atom. The summed E-state index contributed by atoms with van der Waals surface area (Å²) in [7, 11) is 1.75. The van der Waals surface area contributed by atoms with Gasteiger partial charge in [0.25, 0.3) is 11.8 Å². The van der Waals surface area contributed by atoms with Gasteiger partial charge in [0, 0.05) is 43.8 Å². The average Bonchev–Trinajstić information content (AvgIpc) is 3.18. The van der Waals surface area contributed by atoms with E-state index < -0.39 is 0 Å². The van der Waals surface area contributed by atoms with Crippen LogP contribution in [0.5, 0.6) is 0 Å². The highest BCUT2D eigenvalue weighted by Crippen LogP contribution is 2.22. The molecule has 1 N–H and O–H groups in total. The number of hydrogen-bond acceptors (Lipinski definition) is 5. The van der Waals surface area contributed by atoms with Crippen LogP contribution in [-0.2, 0) is 18.2 Å². The predicted octanol–water partition coefficient (Wildman–Crippen LogP) is 3.55. The summed E-state index contributed by atoms with van der Waals surface area (Å²) in [6, 6.07) is 18.9. The second-order valence-electron chi connectivity index (χ2n) is 8.81. The molecule has 4 aromatic rings. The van der Waals surface area contributed by atoms with Gasteiger partial charge < -0.3 is 15.0 Å². The van der Waals surface area contributed by atoms with Gasteiger partial charge in [-0.1, -0.05) is 30.3 Å². The van der Waals surface area contributed by atoms with E-state index in [1.54, 1.807) is 48.3 Å². The summed E-state index contributed by atoms with van der Waals surface area (Å²) >= 11 is 0. The topological polar surface area (TPSA) is 89.4 Å². The molecule has 8 heteroatoms. The van der Waals surface area contributed by atoms with Crippen LogP contribution in [0.4, 0.5) is 5.69 Å². The van der Waals surface area contributed by atoms with Crippen LogP contribution in [0.1, 0.15) is 26.4 Å². The van der Waals surface area contributed by atoms with E-state index in [4.69, 9.17) is 4.74 Å². The summed E-state index contributed by atoms with van der Waals surface area (Å²) < 4.78 is 7.41. The highest BCUT2D eigenvalue weighted by molar-refractivity contribution is 6.08. The van der Waals surface area contributed by atoms with Crippen molar-refractivity contribution in [2.24, 2.45) is 13.0 Å². The van der Waals surface area contributed by atoms with Crippen molar-refractivity contribution in [1.82, 2.24) is 19.7 Å². The van der Waals surface area contributed by atoms with Crippen molar-refractivity contribution in [3.8, 4) is 0 Å². The Morgan fingerprint density at radius 1 is 1.11 bits per heavy atom. The number of amides is 2. The van der Waals surface area contributed by atoms with E-state index in [1.807, 2.05) is 29.3 Å². The zero-order valence-electron chi connectivity index (χ0n) is 19.6. The van der Waals surface area contributed by atoms with Crippen molar-refractivity contribution >= 4 is 28.4 Å². The molecule has 0 spiro atoms. The van der Waals surface area contributed by atoms with Gasteiger partial charge in [-0.15, -0.1) is 0 Å². The molecule has 2 amide bonds. The molecule has 5 rings (SSSR count). The van der Waals surface area contributed by atoms with Gasteiger partial charge in [-0.25, -0.2) is 0 Å². The van der Waals surface area contributed by atoms with Gasteiger partial charge in [-0.3, -0.25) is 19.3 Å². The molecule has 0 aliphatic carbocycles. The van der Waals surface area contributed by atoms with Crippen molar-refractivity contribution < 1.29 is 14.3 Å². The van der Waals surface area contributed by atoms with Crippen LogP contribution < -0.4 is 5.32 Å².